The van der Waals surface area contributed by atoms with Gasteiger partial charge in [0.1, 0.15) is 0 Å². The Morgan fingerprint density at radius 1 is 1.50 bits per heavy atom. The van der Waals surface area contributed by atoms with E-state index < -0.39 is 0 Å². The second-order valence-electron chi connectivity index (χ2n) is 3.78. The van der Waals surface area contributed by atoms with Crippen LogP contribution in [0.5, 0.6) is 0 Å². The van der Waals surface area contributed by atoms with Gasteiger partial charge in [-0.05, 0) is 31.8 Å². The van der Waals surface area contributed by atoms with Gasteiger partial charge in [-0.25, -0.2) is 0 Å². The van der Waals surface area contributed by atoms with Crippen molar-refractivity contribution >= 4 is 5.91 Å². The molecule has 70 valence electrons. The van der Waals surface area contributed by atoms with Crippen molar-refractivity contribution in [2.45, 2.75) is 26.2 Å². The summed E-state index contributed by atoms with van der Waals surface area (Å²) in [5.74, 6) is 0.238. The number of rotatable bonds is 4. The molecule has 1 fully saturated rings. The quantitative estimate of drug-likeness (QED) is 0.671. The SMILES string of the molecule is CC(CC(N)=O)CN1CCCC1. The van der Waals surface area contributed by atoms with Gasteiger partial charge in [-0.3, -0.25) is 4.79 Å². The lowest BCUT2D eigenvalue weighted by molar-refractivity contribution is -0.118. The number of likely N-dealkylation sites (tertiary alicyclic amines) is 1. The van der Waals surface area contributed by atoms with E-state index >= 15 is 0 Å². The van der Waals surface area contributed by atoms with E-state index in [1.807, 2.05) is 0 Å². The molecule has 1 aliphatic rings. The largest absolute Gasteiger partial charge is 0.370 e. The van der Waals surface area contributed by atoms with E-state index in [1.165, 1.54) is 25.9 Å². The normalized spacial score (nSPS) is 21.1. The molecule has 0 spiro atoms. The first-order valence-corrected chi connectivity index (χ1v) is 4.69. The van der Waals surface area contributed by atoms with Gasteiger partial charge in [0.05, 0.1) is 0 Å². The second kappa shape index (κ2) is 4.45. The van der Waals surface area contributed by atoms with Gasteiger partial charge in [-0.15, -0.1) is 0 Å². The average molecular weight is 170 g/mol. The first-order valence-electron chi connectivity index (χ1n) is 4.69. The highest BCUT2D eigenvalue weighted by Gasteiger charge is 2.15. The number of hydrogen-bond donors (Lipinski definition) is 1. The topological polar surface area (TPSA) is 46.3 Å². The Labute approximate surface area is 73.9 Å². The lowest BCUT2D eigenvalue weighted by atomic mass is 10.1. The molecule has 12 heavy (non-hydrogen) atoms. The molecular formula is C9H18N2O. The maximum atomic E-state index is 10.6. The van der Waals surface area contributed by atoms with Gasteiger partial charge in [0, 0.05) is 13.0 Å². The molecule has 0 radical (unpaired) electrons. The summed E-state index contributed by atoms with van der Waals surface area (Å²) in [5, 5.41) is 0. The Bertz CT molecular complexity index is 153. The summed E-state index contributed by atoms with van der Waals surface area (Å²) < 4.78 is 0. The lowest BCUT2D eigenvalue weighted by Crippen LogP contribution is -2.28. The van der Waals surface area contributed by atoms with Crippen LogP contribution in [0.3, 0.4) is 0 Å². The van der Waals surface area contributed by atoms with Crippen LogP contribution in [0.25, 0.3) is 0 Å². The Hall–Kier alpha value is -0.570. The molecule has 0 aliphatic carbocycles. The number of amides is 1. The Morgan fingerprint density at radius 3 is 2.58 bits per heavy atom. The number of nitrogens with zero attached hydrogens (tertiary/aromatic N) is 1. The van der Waals surface area contributed by atoms with Crippen LogP contribution in [-0.4, -0.2) is 30.4 Å². The van der Waals surface area contributed by atoms with Crippen LogP contribution < -0.4 is 5.73 Å². The molecule has 0 aromatic carbocycles. The Morgan fingerprint density at radius 2 is 2.08 bits per heavy atom. The highest BCUT2D eigenvalue weighted by atomic mass is 16.1. The van der Waals surface area contributed by atoms with Crippen LogP contribution in [0, 0.1) is 5.92 Å². The minimum Gasteiger partial charge on any atom is -0.370 e. The number of carbonyl (C=O) groups excluding carboxylic acids is 1. The third kappa shape index (κ3) is 3.22. The van der Waals surface area contributed by atoms with Crippen LogP contribution in [0.15, 0.2) is 0 Å². The first kappa shape index (κ1) is 9.52. The van der Waals surface area contributed by atoms with Crippen molar-refractivity contribution in [1.82, 2.24) is 4.90 Å². The van der Waals surface area contributed by atoms with E-state index in [2.05, 4.69) is 11.8 Å². The third-order valence-corrected chi connectivity index (χ3v) is 2.32. The number of hydrogen-bond acceptors (Lipinski definition) is 2. The molecule has 0 bridgehead atoms. The van der Waals surface area contributed by atoms with E-state index in [9.17, 15) is 4.79 Å². The minimum atomic E-state index is -0.179. The van der Waals surface area contributed by atoms with Crippen molar-refractivity contribution in [3.8, 4) is 0 Å². The van der Waals surface area contributed by atoms with Gasteiger partial charge in [0.2, 0.25) is 5.91 Å². The number of carbonyl (C=O) groups is 1. The van der Waals surface area contributed by atoms with E-state index in [0.717, 1.165) is 6.54 Å². The molecule has 3 heteroatoms. The van der Waals surface area contributed by atoms with Crippen LogP contribution in [0.1, 0.15) is 26.2 Å². The van der Waals surface area contributed by atoms with Crippen molar-refractivity contribution in [3.63, 3.8) is 0 Å². The molecule has 1 amide bonds. The van der Waals surface area contributed by atoms with Gasteiger partial charge in [-0.1, -0.05) is 6.92 Å². The van der Waals surface area contributed by atoms with Crippen LogP contribution in [0.2, 0.25) is 0 Å². The van der Waals surface area contributed by atoms with Crippen molar-refractivity contribution in [3.05, 3.63) is 0 Å². The van der Waals surface area contributed by atoms with Gasteiger partial charge in [-0.2, -0.15) is 0 Å². The van der Waals surface area contributed by atoms with Crippen LogP contribution in [0.4, 0.5) is 0 Å². The summed E-state index contributed by atoms with van der Waals surface area (Å²) in [7, 11) is 0. The first-order chi connectivity index (χ1) is 5.68. The predicted octanol–water partition coefficient (Wildman–Crippen LogP) is 0.594. The zero-order chi connectivity index (χ0) is 8.97. The summed E-state index contributed by atoms with van der Waals surface area (Å²) in [6.07, 6.45) is 3.14. The molecule has 2 N–H and O–H groups in total. The summed E-state index contributed by atoms with van der Waals surface area (Å²) in [4.78, 5) is 13.0. The number of nitrogens with two attached hydrogens (primary N) is 1. The molecule has 3 nitrogen and oxygen atoms in total. The molecule has 0 aromatic heterocycles. The molecule has 1 atom stereocenters. The maximum Gasteiger partial charge on any atom is 0.217 e. The van der Waals surface area contributed by atoms with Crippen molar-refractivity contribution < 1.29 is 4.79 Å². The van der Waals surface area contributed by atoms with Crippen molar-refractivity contribution in [2.24, 2.45) is 11.7 Å². The third-order valence-electron chi connectivity index (χ3n) is 2.32. The molecule has 1 heterocycles. The minimum absolute atomic E-state index is 0.179. The van der Waals surface area contributed by atoms with Gasteiger partial charge in [0.25, 0.3) is 0 Å². The molecular weight excluding hydrogens is 152 g/mol. The average Bonchev–Trinajstić information content (AvgIpc) is 2.37. The fourth-order valence-corrected chi connectivity index (χ4v) is 1.81. The molecule has 1 rings (SSSR count). The Balaban J connectivity index is 2.16. The van der Waals surface area contributed by atoms with E-state index in [1.54, 1.807) is 0 Å². The van der Waals surface area contributed by atoms with E-state index in [4.69, 9.17) is 5.73 Å². The number of primary amides is 1. The van der Waals surface area contributed by atoms with E-state index in [-0.39, 0.29) is 5.91 Å². The highest BCUT2D eigenvalue weighted by Crippen LogP contribution is 2.11. The summed E-state index contributed by atoms with van der Waals surface area (Å²) >= 11 is 0. The zero-order valence-electron chi connectivity index (χ0n) is 7.75. The summed E-state index contributed by atoms with van der Waals surface area (Å²) in [5.41, 5.74) is 5.11. The predicted molar refractivity (Wildman–Crippen MR) is 48.6 cm³/mol. The van der Waals surface area contributed by atoms with Gasteiger partial charge >= 0.3 is 0 Å². The van der Waals surface area contributed by atoms with Crippen LogP contribution in [-0.2, 0) is 4.79 Å². The van der Waals surface area contributed by atoms with Crippen LogP contribution >= 0.6 is 0 Å². The zero-order valence-corrected chi connectivity index (χ0v) is 7.75. The van der Waals surface area contributed by atoms with Crippen molar-refractivity contribution in [1.29, 1.82) is 0 Å². The molecule has 1 saturated heterocycles. The molecule has 1 aliphatic heterocycles. The fourth-order valence-electron chi connectivity index (χ4n) is 1.81. The molecule has 0 aromatic rings. The maximum absolute atomic E-state index is 10.6. The smallest absolute Gasteiger partial charge is 0.217 e. The molecule has 0 saturated carbocycles. The Kier molecular flexibility index (Phi) is 3.53. The second-order valence-corrected chi connectivity index (χ2v) is 3.78. The van der Waals surface area contributed by atoms with Gasteiger partial charge in [0.15, 0.2) is 0 Å². The monoisotopic (exact) mass is 170 g/mol. The highest BCUT2D eigenvalue weighted by molar-refractivity contribution is 5.73. The van der Waals surface area contributed by atoms with Crippen molar-refractivity contribution in [2.75, 3.05) is 19.6 Å². The summed E-state index contributed by atoms with van der Waals surface area (Å²) in [6.45, 7) is 5.51. The summed E-state index contributed by atoms with van der Waals surface area (Å²) in [6, 6.07) is 0. The molecule has 1 unspecified atom stereocenters. The van der Waals surface area contributed by atoms with Gasteiger partial charge < -0.3 is 10.6 Å². The lowest BCUT2D eigenvalue weighted by Gasteiger charge is -2.18. The fraction of sp³-hybridized carbons (Fsp3) is 0.889. The van der Waals surface area contributed by atoms with E-state index in [0.29, 0.717) is 12.3 Å². The standard InChI is InChI=1S/C9H18N2O/c1-8(6-9(10)12)7-11-4-2-3-5-11/h8H,2-7H2,1H3,(H2,10,12).